The zero-order chi connectivity index (χ0) is 13.8. The number of aromatic nitrogens is 1. The van der Waals surface area contributed by atoms with Crippen molar-refractivity contribution >= 4 is 44.9 Å². The lowest BCUT2D eigenvalue weighted by molar-refractivity contribution is 0.102. The number of pyridine rings is 1. The molecule has 0 radical (unpaired) electrons. The summed E-state index contributed by atoms with van der Waals surface area (Å²) in [6, 6.07) is 8.59. The van der Waals surface area contributed by atoms with Gasteiger partial charge in [-0.1, -0.05) is 23.7 Å². The van der Waals surface area contributed by atoms with E-state index in [0.29, 0.717) is 20.7 Å². The number of amides is 1. The molecule has 1 aromatic carbocycles. The molecule has 1 amide bonds. The zero-order valence-corrected chi connectivity index (χ0v) is 12.0. The highest BCUT2D eigenvalue weighted by Gasteiger charge is 2.14. The van der Waals surface area contributed by atoms with Crippen LogP contribution in [0.25, 0.3) is 0 Å². The number of nitrogens with one attached hydrogen (secondary N) is 2. The predicted molar refractivity (Wildman–Crippen MR) is 79.2 cm³/mol. The van der Waals surface area contributed by atoms with E-state index in [4.69, 9.17) is 17.4 Å². The summed E-state index contributed by atoms with van der Waals surface area (Å²) in [6.45, 7) is 0. The molecule has 0 saturated carbocycles. The Morgan fingerprint density at radius 3 is 2.79 bits per heavy atom. The van der Waals surface area contributed by atoms with Crippen molar-refractivity contribution in [2.75, 3.05) is 10.7 Å². The summed E-state index contributed by atoms with van der Waals surface area (Å²) in [7, 11) is 0. The third-order valence-corrected chi connectivity index (χ3v) is 3.12. The minimum Gasteiger partial charge on any atom is -0.321 e. The third kappa shape index (κ3) is 3.23. The Balaban J connectivity index is 2.30. The monoisotopic (exact) mass is 340 g/mol. The standard InChI is InChI=1S/C12H10BrClN4O/c13-7-5-8(11(18-15)16-6-7)12(19)17-10-4-2-1-3-9(10)14/h1-6H,15H2,(H,16,18)(H,17,19). The number of para-hydroxylation sites is 1. The van der Waals surface area contributed by atoms with Gasteiger partial charge in [-0.05, 0) is 34.1 Å². The quantitative estimate of drug-likeness (QED) is 0.592. The minimum atomic E-state index is -0.352. The molecule has 0 fully saturated rings. The number of nitrogen functional groups attached to an aromatic ring is 1. The molecule has 2 rings (SSSR count). The average molecular weight is 342 g/mol. The Labute approximate surface area is 123 Å². The van der Waals surface area contributed by atoms with Gasteiger partial charge in [-0.2, -0.15) is 0 Å². The zero-order valence-electron chi connectivity index (χ0n) is 9.65. The molecule has 0 aliphatic heterocycles. The predicted octanol–water partition coefficient (Wildman–Crippen LogP) is 3.04. The van der Waals surface area contributed by atoms with Gasteiger partial charge in [0.25, 0.3) is 5.91 Å². The van der Waals surface area contributed by atoms with Crippen molar-refractivity contribution in [3.63, 3.8) is 0 Å². The van der Waals surface area contributed by atoms with E-state index in [-0.39, 0.29) is 11.7 Å². The van der Waals surface area contributed by atoms with E-state index >= 15 is 0 Å². The molecule has 1 aromatic heterocycles. The first kappa shape index (κ1) is 13.8. The van der Waals surface area contributed by atoms with Crippen molar-refractivity contribution in [2.45, 2.75) is 0 Å². The van der Waals surface area contributed by atoms with Gasteiger partial charge in [-0.25, -0.2) is 10.8 Å². The highest BCUT2D eigenvalue weighted by atomic mass is 79.9. The first-order chi connectivity index (χ1) is 9.11. The molecule has 0 spiro atoms. The number of carbonyl (C=O) groups is 1. The molecule has 98 valence electrons. The summed E-state index contributed by atoms with van der Waals surface area (Å²) in [5.74, 6) is 5.26. The Kier molecular flexibility index (Phi) is 4.36. The number of anilines is 2. The summed E-state index contributed by atoms with van der Waals surface area (Å²) < 4.78 is 0.677. The average Bonchev–Trinajstić information content (AvgIpc) is 2.41. The number of rotatable bonds is 3. The van der Waals surface area contributed by atoms with Gasteiger partial charge in [0.1, 0.15) is 0 Å². The van der Waals surface area contributed by atoms with Crippen LogP contribution in [-0.4, -0.2) is 10.9 Å². The van der Waals surface area contributed by atoms with Crippen LogP contribution in [-0.2, 0) is 0 Å². The van der Waals surface area contributed by atoms with E-state index in [1.54, 1.807) is 36.5 Å². The van der Waals surface area contributed by atoms with E-state index < -0.39 is 0 Å². The van der Waals surface area contributed by atoms with Crippen molar-refractivity contribution in [3.8, 4) is 0 Å². The van der Waals surface area contributed by atoms with Gasteiger partial charge in [0.2, 0.25) is 0 Å². The second-order valence-electron chi connectivity index (χ2n) is 3.63. The SMILES string of the molecule is NNc1ncc(Br)cc1C(=O)Nc1ccccc1Cl. The summed E-state index contributed by atoms with van der Waals surface area (Å²) >= 11 is 9.24. The Bertz CT molecular complexity index is 620. The molecule has 7 heteroatoms. The van der Waals surface area contributed by atoms with Gasteiger partial charge < -0.3 is 10.7 Å². The van der Waals surface area contributed by atoms with Crippen molar-refractivity contribution in [2.24, 2.45) is 5.84 Å². The number of hydrazine groups is 1. The van der Waals surface area contributed by atoms with Crippen LogP contribution >= 0.6 is 27.5 Å². The molecule has 0 aliphatic rings. The fourth-order valence-electron chi connectivity index (χ4n) is 1.48. The number of benzene rings is 1. The second-order valence-corrected chi connectivity index (χ2v) is 4.95. The largest absolute Gasteiger partial charge is 0.321 e. The van der Waals surface area contributed by atoms with Crippen LogP contribution in [0.5, 0.6) is 0 Å². The number of carbonyl (C=O) groups excluding carboxylic acids is 1. The molecule has 4 N–H and O–H groups in total. The van der Waals surface area contributed by atoms with Crippen molar-refractivity contribution in [1.29, 1.82) is 0 Å². The van der Waals surface area contributed by atoms with Gasteiger partial charge in [0, 0.05) is 10.7 Å². The highest BCUT2D eigenvalue weighted by Crippen LogP contribution is 2.23. The lowest BCUT2D eigenvalue weighted by Gasteiger charge is -2.10. The van der Waals surface area contributed by atoms with E-state index in [9.17, 15) is 4.79 Å². The summed E-state index contributed by atoms with van der Waals surface area (Å²) in [5.41, 5.74) is 3.22. The first-order valence-corrected chi connectivity index (χ1v) is 6.47. The summed E-state index contributed by atoms with van der Waals surface area (Å²) in [4.78, 5) is 16.2. The molecule has 19 heavy (non-hydrogen) atoms. The van der Waals surface area contributed by atoms with Crippen LogP contribution in [0.1, 0.15) is 10.4 Å². The van der Waals surface area contributed by atoms with E-state index in [1.165, 1.54) is 0 Å². The lowest BCUT2D eigenvalue weighted by Crippen LogP contribution is -2.18. The smallest absolute Gasteiger partial charge is 0.259 e. The maximum absolute atomic E-state index is 12.2. The van der Waals surface area contributed by atoms with Crippen LogP contribution in [0.4, 0.5) is 11.5 Å². The molecule has 0 saturated heterocycles. The molecular formula is C12H10BrClN4O. The first-order valence-electron chi connectivity index (χ1n) is 5.30. The number of nitrogens with two attached hydrogens (primary N) is 1. The van der Waals surface area contributed by atoms with Crippen LogP contribution in [0.2, 0.25) is 5.02 Å². The molecule has 0 bridgehead atoms. The highest BCUT2D eigenvalue weighted by molar-refractivity contribution is 9.10. The fourth-order valence-corrected chi connectivity index (χ4v) is 1.99. The molecule has 1 heterocycles. The van der Waals surface area contributed by atoms with Crippen LogP contribution in [0.15, 0.2) is 41.0 Å². The number of halogens is 2. The lowest BCUT2D eigenvalue weighted by atomic mass is 10.2. The van der Waals surface area contributed by atoms with Gasteiger partial charge >= 0.3 is 0 Å². The van der Waals surface area contributed by atoms with E-state index in [0.717, 1.165) is 0 Å². The van der Waals surface area contributed by atoms with E-state index in [1.807, 2.05) is 0 Å². The maximum atomic E-state index is 12.2. The number of hydrogen-bond acceptors (Lipinski definition) is 4. The van der Waals surface area contributed by atoms with Crippen molar-refractivity contribution in [3.05, 3.63) is 51.6 Å². The van der Waals surface area contributed by atoms with Crippen LogP contribution in [0.3, 0.4) is 0 Å². The topological polar surface area (TPSA) is 80.0 Å². The van der Waals surface area contributed by atoms with Crippen LogP contribution < -0.4 is 16.6 Å². The van der Waals surface area contributed by atoms with Gasteiger partial charge in [0.05, 0.1) is 16.3 Å². The Morgan fingerprint density at radius 2 is 2.11 bits per heavy atom. The summed E-state index contributed by atoms with van der Waals surface area (Å²) in [5, 5.41) is 3.16. The maximum Gasteiger partial charge on any atom is 0.259 e. The van der Waals surface area contributed by atoms with Gasteiger partial charge in [-0.15, -0.1) is 0 Å². The number of nitrogens with zero attached hydrogens (tertiary/aromatic N) is 1. The Morgan fingerprint density at radius 1 is 1.37 bits per heavy atom. The van der Waals surface area contributed by atoms with E-state index in [2.05, 4.69) is 31.7 Å². The van der Waals surface area contributed by atoms with Crippen molar-refractivity contribution < 1.29 is 4.79 Å². The van der Waals surface area contributed by atoms with Gasteiger partial charge in [0.15, 0.2) is 5.82 Å². The number of hydrogen-bond donors (Lipinski definition) is 3. The normalized spacial score (nSPS) is 10.1. The van der Waals surface area contributed by atoms with Crippen LogP contribution in [0, 0.1) is 0 Å². The van der Waals surface area contributed by atoms with Gasteiger partial charge in [-0.3, -0.25) is 4.79 Å². The third-order valence-electron chi connectivity index (χ3n) is 2.36. The summed E-state index contributed by atoms with van der Waals surface area (Å²) in [6.07, 6.45) is 1.54. The molecular weight excluding hydrogens is 332 g/mol. The molecule has 2 aromatic rings. The second kappa shape index (κ2) is 6.01. The molecule has 0 aliphatic carbocycles. The molecule has 0 atom stereocenters. The molecule has 0 unspecified atom stereocenters. The fraction of sp³-hybridized carbons (Fsp3) is 0. The molecule has 5 nitrogen and oxygen atoms in total. The van der Waals surface area contributed by atoms with Crippen molar-refractivity contribution in [1.82, 2.24) is 4.98 Å². The minimum absolute atomic E-state index is 0.285. The Hall–Kier alpha value is -1.63.